The van der Waals surface area contributed by atoms with Crippen molar-refractivity contribution >= 4 is 17.3 Å². The van der Waals surface area contributed by atoms with Gasteiger partial charge in [-0.15, -0.1) is 0 Å². The number of rotatable bonds is 7. The van der Waals surface area contributed by atoms with E-state index in [2.05, 4.69) is 51.1 Å². The third-order valence-corrected chi connectivity index (χ3v) is 5.89. The quantitative estimate of drug-likeness (QED) is 0.735. The Balaban J connectivity index is 1.66. The minimum absolute atomic E-state index is 0.0636. The molecule has 0 amide bonds. The molecule has 4 rings (SSSR count). The lowest BCUT2D eigenvalue weighted by molar-refractivity contribution is 0.0953. The van der Waals surface area contributed by atoms with Gasteiger partial charge in [-0.05, 0) is 55.7 Å². The van der Waals surface area contributed by atoms with Gasteiger partial charge in [-0.25, -0.2) is 0 Å². The minimum Gasteiger partial charge on any atom is -0.376 e. The van der Waals surface area contributed by atoms with E-state index < -0.39 is 0 Å². The summed E-state index contributed by atoms with van der Waals surface area (Å²) >= 11 is 5.72. The molecule has 0 bridgehead atoms. The van der Waals surface area contributed by atoms with Crippen LogP contribution in [0.25, 0.3) is 0 Å². The van der Waals surface area contributed by atoms with E-state index >= 15 is 0 Å². The molecule has 0 aliphatic carbocycles. The molecule has 2 fully saturated rings. The van der Waals surface area contributed by atoms with Crippen molar-refractivity contribution < 1.29 is 4.74 Å². The number of hydrogen-bond donors (Lipinski definition) is 1. The van der Waals surface area contributed by atoms with E-state index in [4.69, 9.17) is 17.0 Å². The molecule has 4 heterocycles. The Morgan fingerprint density at radius 1 is 1.30 bits per heavy atom. The lowest BCUT2D eigenvalue weighted by atomic mass is 10.0. The number of ether oxygens (including phenoxy) is 1. The summed E-state index contributed by atoms with van der Waals surface area (Å²) in [5, 5.41) is 4.37. The third kappa shape index (κ3) is 3.87. The first-order valence-corrected chi connectivity index (χ1v) is 10.4. The van der Waals surface area contributed by atoms with Gasteiger partial charge in [0.25, 0.3) is 0 Å². The van der Waals surface area contributed by atoms with Gasteiger partial charge in [0.2, 0.25) is 0 Å². The number of hydrogen-bond acceptors (Lipinski definition) is 3. The van der Waals surface area contributed by atoms with Crippen LogP contribution in [0.2, 0.25) is 0 Å². The van der Waals surface area contributed by atoms with E-state index in [-0.39, 0.29) is 12.1 Å². The van der Waals surface area contributed by atoms with Crippen LogP contribution in [0.5, 0.6) is 0 Å². The van der Waals surface area contributed by atoms with Gasteiger partial charge < -0.3 is 19.5 Å². The van der Waals surface area contributed by atoms with Crippen LogP contribution in [0, 0.1) is 0 Å². The molecule has 2 aliphatic rings. The first-order chi connectivity index (χ1) is 13.3. The van der Waals surface area contributed by atoms with Crippen LogP contribution < -0.4 is 5.32 Å². The van der Waals surface area contributed by atoms with Gasteiger partial charge in [0.05, 0.1) is 23.9 Å². The van der Waals surface area contributed by atoms with E-state index in [1.807, 2.05) is 18.3 Å². The number of aromatic nitrogens is 2. The molecule has 0 aromatic carbocycles. The second-order valence-electron chi connectivity index (χ2n) is 7.39. The monoisotopic (exact) mass is 384 g/mol. The zero-order chi connectivity index (χ0) is 18.6. The average molecular weight is 385 g/mol. The summed E-state index contributed by atoms with van der Waals surface area (Å²) in [6, 6.07) is 10.7. The van der Waals surface area contributed by atoms with Gasteiger partial charge >= 0.3 is 0 Å². The lowest BCUT2D eigenvalue weighted by Crippen LogP contribution is -2.32. The van der Waals surface area contributed by atoms with Crippen LogP contribution in [0.3, 0.4) is 0 Å². The second-order valence-corrected chi connectivity index (χ2v) is 7.78. The SMILES string of the molecule is CCCCN1C(=S)N[C@H](c2ccccn2)[C@@H]1c1cccn1C[C@@H]1CCCO1. The number of thiocarbonyl (C=S) groups is 1. The highest BCUT2D eigenvalue weighted by Crippen LogP contribution is 2.39. The van der Waals surface area contributed by atoms with Crippen molar-refractivity contribution in [3.8, 4) is 0 Å². The highest BCUT2D eigenvalue weighted by atomic mass is 32.1. The zero-order valence-electron chi connectivity index (χ0n) is 15.9. The van der Waals surface area contributed by atoms with Gasteiger partial charge in [0.1, 0.15) is 0 Å². The van der Waals surface area contributed by atoms with Crippen LogP contribution in [0.15, 0.2) is 42.7 Å². The number of unbranched alkanes of at least 4 members (excludes halogenated alkanes) is 1. The summed E-state index contributed by atoms with van der Waals surface area (Å²) in [4.78, 5) is 6.97. The summed E-state index contributed by atoms with van der Waals surface area (Å²) in [5.74, 6) is 0. The molecular formula is C21H28N4OS. The fraction of sp³-hybridized carbons (Fsp3) is 0.524. The second kappa shape index (κ2) is 8.40. The van der Waals surface area contributed by atoms with Crippen LogP contribution >= 0.6 is 12.2 Å². The standard InChI is InChI=1S/C21H28N4OS/c1-2-3-13-25-20(19(23-21(25)27)17-9-4-5-11-22-17)18-10-6-12-24(18)15-16-8-7-14-26-16/h4-6,9-12,16,19-20H,2-3,7-8,13-15H2,1H3,(H,23,27)/t16-,19+,20-/m0/s1. The molecule has 0 radical (unpaired) electrons. The van der Waals surface area contributed by atoms with Crippen molar-refractivity contribution in [2.75, 3.05) is 13.2 Å². The first kappa shape index (κ1) is 18.4. The average Bonchev–Trinajstić information content (AvgIpc) is 3.42. The van der Waals surface area contributed by atoms with Crippen molar-refractivity contribution in [3.63, 3.8) is 0 Å². The van der Waals surface area contributed by atoms with Crippen molar-refractivity contribution in [2.24, 2.45) is 0 Å². The molecule has 6 heteroatoms. The van der Waals surface area contributed by atoms with Crippen LogP contribution in [-0.2, 0) is 11.3 Å². The predicted octanol–water partition coefficient (Wildman–Crippen LogP) is 3.83. The van der Waals surface area contributed by atoms with Gasteiger partial charge in [-0.3, -0.25) is 4.98 Å². The Morgan fingerprint density at radius 2 is 2.22 bits per heavy atom. The normalized spacial score (nSPS) is 25.1. The van der Waals surface area contributed by atoms with Crippen LogP contribution in [-0.4, -0.2) is 38.8 Å². The Hall–Kier alpha value is -1.92. The number of nitrogens with one attached hydrogen (secondary N) is 1. The van der Waals surface area contributed by atoms with Crippen LogP contribution in [0.4, 0.5) is 0 Å². The Morgan fingerprint density at radius 3 is 2.96 bits per heavy atom. The molecule has 5 nitrogen and oxygen atoms in total. The minimum atomic E-state index is 0.0636. The summed E-state index contributed by atoms with van der Waals surface area (Å²) in [7, 11) is 0. The fourth-order valence-corrected chi connectivity index (χ4v) is 4.50. The van der Waals surface area contributed by atoms with Gasteiger partial charge in [0.15, 0.2) is 5.11 Å². The molecule has 0 unspecified atom stereocenters. The lowest BCUT2D eigenvalue weighted by Gasteiger charge is -2.29. The molecule has 2 aliphatic heterocycles. The van der Waals surface area contributed by atoms with E-state index in [1.54, 1.807) is 0 Å². The smallest absolute Gasteiger partial charge is 0.170 e. The maximum atomic E-state index is 5.88. The summed E-state index contributed by atoms with van der Waals surface area (Å²) in [5.41, 5.74) is 2.32. The molecule has 2 saturated heterocycles. The molecule has 1 N–H and O–H groups in total. The molecule has 144 valence electrons. The van der Waals surface area contributed by atoms with Gasteiger partial charge in [-0.2, -0.15) is 0 Å². The topological polar surface area (TPSA) is 42.3 Å². The fourth-order valence-electron chi connectivity index (χ4n) is 4.17. The van der Waals surface area contributed by atoms with Crippen molar-refractivity contribution in [1.29, 1.82) is 0 Å². The summed E-state index contributed by atoms with van der Waals surface area (Å²) in [6.45, 7) is 4.97. The number of nitrogens with zero attached hydrogens (tertiary/aromatic N) is 3. The van der Waals surface area contributed by atoms with Crippen LogP contribution in [0.1, 0.15) is 56.1 Å². The third-order valence-electron chi connectivity index (χ3n) is 5.54. The van der Waals surface area contributed by atoms with Gasteiger partial charge in [0, 0.05) is 37.8 Å². The summed E-state index contributed by atoms with van der Waals surface area (Å²) < 4.78 is 8.23. The number of pyridine rings is 1. The highest BCUT2D eigenvalue weighted by molar-refractivity contribution is 7.80. The van der Waals surface area contributed by atoms with Gasteiger partial charge in [-0.1, -0.05) is 19.4 Å². The Bertz CT molecular complexity index is 757. The van der Waals surface area contributed by atoms with E-state index in [1.165, 1.54) is 5.69 Å². The van der Waals surface area contributed by atoms with Crippen molar-refractivity contribution in [1.82, 2.24) is 19.8 Å². The molecule has 2 aromatic heterocycles. The molecule has 27 heavy (non-hydrogen) atoms. The van der Waals surface area contributed by atoms with E-state index in [0.717, 1.165) is 56.2 Å². The maximum Gasteiger partial charge on any atom is 0.170 e. The van der Waals surface area contributed by atoms with E-state index in [9.17, 15) is 0 Å². The molecule has 2 aromatic rings. The predicted molar refractivity (Wildman–Crippen MR) is 110 cm³/mol. The van der Waals surface area contributed by atoms with Crippen molar-refractivity contribution in [3.05, 3.63) is 54.1 Å². The molecule has 3 atom stereocenters. The van der Waals surface area contributed by atoms with Crippen molar-refractivity contribution in [2.45, 2.75) is 57.3 Å². The summed E-state index contributed by atoms with van der Waals surface area (Å²) in [6.07, 6.45) is 8.92. The first-order valence-electron chi connectivity index (χ1n) is 10.0. The largest absolute Gasteiger partial charge is 0.376 e. The zero-order valence-corrected chi connectivity index (χ0v) is 16.7. The molecule has 0 saturated carbocycles. The Labute approximate surface area is 166 Å². The Kier molecular flexibility index (Phi) is 5.74. The molecular weight excluding hydrogens is 356 g/mol. The molecule has 0 spiro atoms. The maximum absolute atomic E-state index is 5.88. The highest BCUT2D eigenvalue weighted by Gasteiger charge is 2.40. The van der Waals surface area contributed by atoms with E-state index in [0.29, 0.717) is 6.10 Å².